The van der Waals surface area contributed by atoms with Crippen molar-refractivity contribution < 1.29 is 14.7 Å². The smallest absolute Gasteiger partial charge is 0.331 e. The van der Waals surface area contributed by atoms with E-state index in [0.717, 1.165) is 11.1 Å². The van der Waals surface area contributed by atoms with Gasteiger partial charge < -0.3 is 10.4 Å². The maximum Gasteiger partial charge on any atom is 0.331 e. The molecule has 5 nitrogen and oxygen atoms in total. The molecule has 0 radical (unpaired) electrons. The average molecular weight is 269 g/mol. The van der Waals surface area contributed by atoms with Crippen LogP contribution in [-0.4, -0.2) is 22.0 Å². The zero-order valence-corrected chi connectivity index (χ0v) is 10.6. The lowest BCUT2D eigenvalue weighted by atomic mass is 10.0. The Labute approximate surface area is 110 Å². The Morgan fingerprint density at radius 2 is 2.22 bits per heavy atom. The standard InChI is InChI=1S/C12H12N2O3.ClH/c1-7(12(16)17)4-8-5-9-2-3-10(15)14-11(9)13-6-8;/h4-6H,2-3H2,1H3,(H,16,17)(H,13,14,15);1H. The second kappa shape index (κ2) is 5.64. The van der Waals surface area contributed by atoms with Crippen LogP contribution < -0.4 is 5.32 Å². The van der Waals surface area contributed by atoms with E-state index in [1.807, 2.05) is 6.07 Å². The van der Waals surface area contributed by atoms with Crippen LogP contribution in [0.1, 0.15) is 24.5 Å². The van der Waals surface area contributed by atoms with Gasteiger partial charge in [0.15, 0.2) is 0 Å². The third kappa shape index (κ3) is 3.07. The Balaban J connectivity index is 0.00000162. The molecule has 18 heavy (non-hydrogen) atoms. The Kier molecular flexibility index (Phi) is 4.44. The molecule has 0 unspecified atom stereocenters. The number of hydrogen-bond donors (Lipinski definition) is 2. The van der Waals surface area contributed by atoms with E-state index in [4.69, 9.17) is 5.11 Å². The van der Waals surface area contributed by atoms with E-state index in [1.54, 1.807) is 12.3 Å². The fourth-order valence-electron chi connectivity index (χ4n) is 1.67. The van der Waals surface area contributed by atoms with Crippen molar-refractivity contribution >= 4 is 36.2 Å². The number of carboxylic acid groups (broad SMARTS) is 1. The van der Waals surface area contributed by atoms with Crippen molar-refractivity contribution in [2.24, 2.45) is 0 Å². The molecular formula is C12H13ClN2O3. The zero-order valence-electron chi connectivity index (χ0n) is 9.77. The number of carboxylic acids is 1. The van der Waals surface area contributed by atoms with Gasteiger partial charge in [0.05, 0.1) is 0 Å². The van der Waals surface area contributed by atoms with Crippen molar-refractivity contribution in [2.45, 2.75) is 19.8 Å². The summed E-state index contributed by atoms with van der Waals surface area (Å²) in [5, 5.41) is 11.4. The Hall–Kier alpha value is -1.88. The van der Waals surface area contributed by atoms with Crippen molar-refractivity contribution in [3.8, 4) is 0 Å². The largest absolute Gasteiger partial charge is 0.478 e. The van der Waals surface area contributed by atoms with E-state index in [2.05, 4.69) is 10.3 Å². The van der Waals surface area contributed by atoms with Crippen LogP contribution in [0.25, 0.3) is 6.08 Å². The number of aromatic nitrogens is 1. The summed E-state index contributed by atoms with van der Waals surface area (Å²) in [6.45, 7) is 1.53. The number of carbonyl (C=O) groups excluding carboxylic acids is 1. The van der Waals surface area contributed by atoms with Crippen LogP contribution in [0.4, 0.5) is 5.82 Å². The molecule has 1 aliphatic rings. The number of fused-ring (bicyclic) bond motifs is 1. The molecule has 0 spiro atoms. The molecule has 0 aliphatic carbocycles. The molecule has 0 aromatic carbocycles. The van der Waals surface area contributed by atoms with Crippen LogP contribution >= 0.6 is 12.4 Å². The van der Waals surface area contributed by atoms with E-state index in [1.165, 1.54) is 6.92 Å². The molecule has 2 N–H and O–H groups in total. The average Bonchev–Trinajstić information content (AvgIpc) is 2.29. The summed E-state index contributed by atoms with van der Waals surface area (Å²) in [6, 6.07) is 1.86. The predicted octanol–water partition coefficient (Wildman–Crippen LogP) is 1.88. The Morgan fingerprint density at radius 1 is 1.50 bits per heavy atom. The van der Waals surface area contributed by atoms with Gasteiger partial charge >= 0.3 is 5.97 Å². The number of hydrogen-bond acceptors (Lipinski definition) is 3. The lowest BCUT2D eigenvalue weighted by Crippen LogP contribution is -2.20. The second-order valence-corrected chi connectivity index (χ2v) is 3.96. The fourth-order valence-corrected chi connectivity index (χ4v) is 1.67. The predicted molar refractivity (Wildman–Crippen MR) is 69.7 cm³/mol. The maximum atomic E-state index is 11.1. The zero-order chi connectivity index (χ0) is 12.4. The van der Waals surface area contributed by atoms with Gasteiger partial charge in [-0.2, -0.15) is 0 Å². The third-order valence-corrected chi connectivity index (χ3v) is 2.59. The minimum absolute atomic E-state index is 0. The summed E-state index contributed by atoms with van der Waals surface area (Å²) >= 11 is 0. The minimum atomic E-state index is -0.948. The first kappa shape index (κ1) is 14.2. The molecule has 0 saturated heterocycles. The highest BCUT2D eigenvalue weighted by Crippen LogP contribution is 2.21. The van der Waals surface area contributed by atoms with E-state index in [-0.39, 0.29) is 23.9 Å². The monoisotopic (exact) mass is 268 g/mol. The van der Waals surface area contributed by atoms with Crippen LogP contribution in [0.15, 0.2) is 17.8 Å². The van der Waals surface area contributed by atoms with Crippen LogP contribution in [-0.2, 0) is 16.0 Å². The number of halogens is 1. The number of aliphatic carboxylic acids is 1. The lowest BCUT2D eigenvalue weighted by Gasteiger charge is -2.15. The van der Waals surface area contributed by atoms with Gasteiger partial charge in [0.25, 0.3) is 0 Å². The fraction of sp³-hybridized carbons (Fsp3) is 0.250. The van der Waals surface area contributed by atoms with E-state index >= 15 is 0 Å². The van der Waals surface area contributed by atoms with Gasteiger partial charge in [0.2, 0.25) is 5.91 Å². The maximum absolute atomic E-state index is 11.1. The molecule has 2 rings (SSSR count). The highest BCUT2D eigenvalue weighted by atomic mass is 35.5. The lowest BCUT2D eigenvalue weighted by molar-refractivity contribution is -0.132. The molecule has 1 aromatic heterocycles. The summed E-state index contributed by atoms with van der Waals surface area (Å²) in [7, 11) is 0. The van der Waals surface area contributed by atoms with E-state index < -0.39 is 5.97 Å². The first-order chi connectivity index (χ1) is 8.06. The second-order valence-electron chi connectivity index (χ2n) is 3.96. The topological polar surface area (TPSA) is 79.3 Å². The van der Waals surface area contributed by atoms with Gasteiger partial charge in [-0.15, -0.1) is 12.4 Å². The van der Waals surface area contributed by atoms with Crippen molar-refractivity contribution in [2.75, 3.05) is 5.32 Å². The van der Waals surface area contributed by atoms with Crippen LogP contribution in [0.2, 0.25) is 0 Å². The summed E-state index contributed by atoms with van der Waals surface area (Å²) in [4.78, 5) is 25.9. The van der Waals surface area contributed by atoms with E-state index in [9.17, 15) is 9.59 Å². The Morgan fingerprint density at radius 3 is 2.89 bits per heavy atom. The number of anilines is 1. The van der Waals surface area contributed by atoms with Gasteiger partial charge in [-0.1, -0.05) is 0 Å². The summed E-state index contributed by atoms with van der Waals surface area (Å²) in [6.07, 6.45) is 4.20. The number of rotatable bonds is 2. The molecule has 96 valence electrons. The molecular weight excluding hydrogens is 256 g/mol. The van der Waals surface area contributed by atoms with Crippen LogP contribution in [0.3, 0.4) is 0 Å². The molecule has 0 saturated carbocycles. The number of nitrogens with one attached hydrogen (secondary N) is 1. The SMILES string of the molecule is CC(=Cc1cnc2c(c1)CCC(=O)N2)C(=O)O.Cl. The van der Waals surface area contributed by atoms with E-state index in [0.29, 0.717) is 18.7 Å². The Bertz CT molecular complexity index is 526. The normalized spacial score (nSPS) is 14.3. The number of carbonyl (C=O) groups is 2. The third-order valence-electron chi connectivity index (χ3n) is 2.59. The van der Waals surface area contributed by atoms with Crippen molar-refractivity contribution in [1.82, 2.24) is 4.98 Å². The molecule has 0 bridgehead atoms. The summed E-state index contributed by atoms with van der Waals surface area (Å²) < 4.78 is 0. The number of amides is 1. The first-order valence-electron chi connectivity index (χ1n) is 5.26. The minimum Gasteiger partial charge on any atom is -0.478 e. The molecule has 2 heterocycles. The molecule has 1 amide bonds. The van der Waals surface area contributed by atoms with Gasteiger partial charge in [0, 0.05) is 18.2 Å². The van der Waals surface area contributed by atoms with Gasteiger partial charge in [0.1, 0.15) is 5.82 Å². The van der Waals surface area contributed by atoms with Gasteiger partial charge in [-0.25, -0.2) is 9.78 Å². The number of aryl methyl sites for hydroxylation is 1. The number of nitrogens with zero attached hydrogens (tertiary/aromatic N) is 1. The molecule has 1 aliphatic heterocycles. The van der Waals surface area contributed by atoms with Crippen molar-refractivity contribution in [3.63, 3.8) is 0 Å². The van der Waals surface area contributed by atoms with Gasteiger partial charge in [-0.05, 0) is 36.6 Å². The molecule has 0 fully saturated rings. The van der Waals surface area contributed by atoms with Crippen molar-refractivity contribution in [1.29, 1.82) is 0 Å². The first-order valence-corrected chi connectivity index (χ1v) is 5.26. The number of pyridine rings is 1. The van der Waals surface area contributed by atoms with Crippen LogP contribution in [0.5, 0.6) is 0 Å². The van der Waals surface area contributed by atoms with Gasteiger partial charge in [-0.3, -0.25) is 4.79 Å². The van der Waals surface area contributed by atoms with Crippen LogP contribution in [0, 0.1) is 0 Å². The summed E-state index contributed by atoms with van der Waals surface area (Å²) in [5.41, 5.74) is 1.93. The molecule has 0 atom stereocenters. The highest BCUT2D eigenvalue weighted by molar-refractivity contribution is 5.93. The van der Waals surface area contributed by atoms with Crippen molar-refractivity contribution in [3.05, 3.63) is 29.0 Å². The molecule has 6 heteroatoms. The highest BCUT2D eigenvalue weighted by Gasteiger charge is 2.15. The quantitative estimate of drug-likeness (QED) is 0.803. The molecule has 1 aromatic rings. The summed E-state index contributed by atoms with van der Waals surface area (Å²) in [5.74, 6) is -0.405.